The topological polar surface area (TPSA) is 58.6 Å². The fourth-order valence-corrected chi connectivity index (χ4v) is 5.41. The van der Waals surface area contributed by atoms with E-state index in [1.165, 1.54) is 0 Å². The fraction of sp³-hybridized carbons (Fsp3) is 0.500. The molecule has 1 amide bonds. The molecule has 2 atom stereocenters. The summed E-state index contributed by atoms with van der Waals surface area (Å²) in [6, 6.07) is 18.9. The van der Waals surface area contributed by atoms with E-state index in [4.69, 9.17) is 4.74 Å². The van der Waals surface area contributed by atoms with Gasteiger partial charge in [-0.2, -0.15) is 13.2 Å². The molecule has 0 heterocycles. The van der Waals surface area contributed by atoms with Gasteiger partial charge in [-0.25, -0.2) is 0 Å². The average molecular weight is 557 g/mol. The zero-order valence-electron chi connectivity index (χ0n) is 23.4. The molecule has 4 rings (SSSR count). The lowest BCUT2D eigenvalue weighted by Gasteiger charge is -2.40. The molecule has 2 unspecified atom stereocenters. The summed E-state index contributed by atoms with van der Waals surface area (Å²) in [4.78, 5) is 26.1. The van der Waals surface area contributed by atoms with Crippen LogP contribution < -0.4 is 5.32 Å². The van der Waals surface area contributed by atoms with Crippen LogP contribution in [0, 0.1) is 17.3 Å². The van der Waals surface area contributed by atoms with Gasteiger partial charge in [0, 0.05) is 31.1 Å². The number of hydrogen-bond acceptors (Lipinski definition) is 4. The number of nitrogens with one attached hydrogen (secondary N) is 1. The lowest BCUT2D eigenvalue weighted by molar-refractivity contribution is -0.187. The van der Waals surface area contributed by atoms with Crippen LogP contribution in [0.2, 0.25) is 0 Å². The maximum Gasteiger partial charge on any atom is 0.471 e. The number of carbonyl (C=O) groups is 2. The van der Waals surface area contributed by atoms with Gasteiger partial charge in [-0.05, 0) is 56.6 Å². The molecule has 2 saturated carbocycles. The highest BCUT2D eigenvalue weighted by Gasteiger charge is 2.53. The lowest BCUT2D eigenvalue weighted by Crippen LogP contribution is -2.52. The number of amides is 1. The van der Waals surface area contributed by atoms with Gasteiger partial charge < -0.3 is 15.0 Å². The number of nitrogens with zero attached hydrogens (tertiary/aromatic N) is 1. The maximum atomic E-state index is 13.5. The fourth-order valence-electron chi connectivity index (χ4n) is 5.41. The zero-order valence-corrected chi connectivity index (χ0v) is 23.4. The number of halogens is 3. The Kier molecular flexibility index (Phi) is 9.39. The van der Waals surface area contributed by atoms with Gasteiger partial charge >= 0.3 is 18.1 Å². The first-order valence-electron chi connectivity index (χ1n) is 14.1. The van der Waals surface area contributed by atoms with Gasteiger partial charge in [0.2, 0.25) is 0 Å². The highest BCUT2D eigenvalue weighted by Crippen LogP contribution is 2.46. The van der Waals surface area contributed by atoms with Crippen molar-refractivity contribution in [3.63, 3.8) is 0 Å². The van der Waals surface area contributed by atoms with E-state index in [-0.39, 0.29) is 37.0 Å². The lowest BCUT2D eigenvalue weighted by atomic mass is 9.79. The van der Waals surface area contributed by atoms with Gasteiger partial charge in [-0.3, -0.25) is 9.59 Å². The van der Waals surface area contributed by atoms with Crippen LogP contribution in [0.15, 0.2) is 66.2 Å². The van der Waals surface area contributed by atoms with Gasteiger partial charge in [0.25, 0.3) is 0 Å². The summed E-state index contributed by atoms with van der Waals surface area (Å²) in [7, 11) is 0. The summed E-state index contributed by atoms with van der Waals surface area (Å²) >= 11 is 0. The SMILES string of the molecule is CC/C(=C\c1ccccc1)C1CC1N(C[C@H]1C[C@H](NCC(C)(C)C(=O)OCc2ccccc2)C1)C(=O)C(F)(F)F. The summed E-state index contributed by atoms with van der Waals surface area (Å²) in [5.41, 5.74) is 2.25. The van der Waals surface area contributed by atoms with Crippen molar-refractivity contribution in [3.05, 3.63) is 77.4 Å². The molecule has 5 nitrogen and oxygen atoms in total. The maximum absolute atomic E-state index is 13.5. The predicted octanol–water partition coefficient (Wildman–Crippen LogP) is 6.40. The van der Waals surface area contributed by atoms with E-state index in [0.717, 1.165) is 28.0 Å². The molecule has 0 bridgehead atoms. The van der Waals surface area contributed by atoms with Gasteiger partial charge in [0.15, 0.2) is 0 Å². The minimum atomic E-state index is -4.89. The molecule has 40 heavy (non-hydrogen) atoms. The molecule has 0 aliphatic heterocycles. The van der Waals surface area contributed by atoms with Crippen molar-refractivity contribution in [1.29, 1.82) is 0 Å². The molecular formula is C32H39F3N2O3. The zero-order chi connectivity index (χ0) is 28.9. The largest absolute Gasteiger partial charge is 0.471 e. The Hall–Kier alpha value is -3.13. The average Bonchev–Trinajstić information content (AvgIpc) is 3.70. The first-order chi connectivity index (χ1) is 19.0. The minimum Gasteiger partial charge on any atom is -0.460 e. The quantitative estimate of drug-likeness (QED) is 0.308. The first-order valence-corrected chi connectivity index (χ1v) is 14.1. The molecular weight excluding hydrogens is 517 g/mol. The number of hydrogen-bond donors (Lipinski definition) is 1. The second-order valence-electron chi connectivity index (χ2n) is 11.7. The normalized spacial score (nSPS) is 22.8. The summed E-state index contributed by atoms with van der Waals surface area (Å²) in [6.45, 7) is 6.34. The second-order valence-corrected chi connectivity index (χ2v) is 11.7. The Morgan fingerprint density at radius 2 is 1.62 bits per heavy atom. The van der Waals surface area contributed by atoms with Crippen LogP contribution in [0.25, 0.3) is 6.08 Å². The van der Waals surface area contributed by atoms with Gasteiger partial charge in [-0.1, -0.05) is 79.2 Å². The summed E-state index contributed by atoms with van der Waals surface area (Å²) < 4.78 is 46.1. The number of rotatable bonds is 12. The van der Waals surface area contributed by atoms with Gasteiger partial charge in [0.1, 0.15) is 6.61 Å². The van der Waals surface area contributed by atoms with Gasteiger partial charge in [-0.15, -0.1) is 0 Å². The highest BCUT2D eigenvalue weighted by atomic mass is 19.4. The third-order valence-corrected chi connectivity index (χ3v) is 7.99. The van der Waals surface area contributed by atoms with Crippen LogP contribution in [0.3, 0.4) is 0 Å². The number of benzene rings is 2. The monoisotopic (exact) mass is 556 g/mol. The molecule has 2 aromatic carbocycles. The molecule has 2 aromatic rings. The van der Waals surface area contributed by atoms with E-state index in [1.807, 2.05) is 87.5 Å². The first kappa shape index (κ1) is 29.8. The standard InChI is InChI=1S/C32H39F3N2O3/c1-4-25(15-22-11-7-5-8-12-22)27-18-28(27)37(29(38)32(33,34)35)19-24-16-26(17-24)36-21-31(2,3)30(39)40-20-23-13-9-6-10-14-23/h5-15,24,26-28,36H,4,16-21H2,1-3H3/b25-15+/t24-,26-,27?,28?. The third-order valence-electron chi connectivity index (χ3n) is 7.99. The van der Waals surface area contributed by atoms with E-state index >= 15 is 0 Å². The second kappa shape index (κ2) is 12.6. The Morgan fingerprint density at radius 1 is 1.00 bits per heavy atom. The summed E-state index contributed by atoms with van der Waals surface area (Å²) in [6.07, 6.45) is -0.251. The molecule has 216 valence electrons. The molecule has 2 aliphatic carbocycles. The van der Waals surface area contributed by atoms with Crippen molar-refractivity contribution in [2.45, 2.75) is 71.3 Å². The van der Waals surface area contributed by atoms with Crippen LogP contribution in [-0.4, -0.2) is 48.1 Å². The Labute approximate surface area is 234 Å². The summed E-state index contributed by atoms with van der Waals surface area (Å²) in [5, 5.41) is 3.37. The number of carbonyl (C=O) groups excluding carboxylic acids is 2. The van der Waals surface area contributed by atoms with Crippen molar-refractivity contribution < 1.29 is 27.5 Å². The van der Waals surface area contributed by atoms with Crippen LogP contribution >= 0.6 is 0 Å². The van der Waals surface area contributed by atoms with Crippen molar-refractivity contribution in [2.75, 3.05) is 13.1 Å². The molecule has 0 spiro atoms. The molecule has 8 heteroatoms. The molecule has 2 fully saturated rings. The highest BCUT2D eigenvalue weighted by molar-refractivity contribution is 5.82. The van der Waals surface area contributed by atoms with E-state index < -0.39 is 23.5 Å². The van der Waals surface area contributed by atoms with Crippen LogP contribution in [-0.2, 0) is 20.9 Å². The van der Waals surface area contributed by atoms with Crippen molar-refractivity contribution >= 4 is 18.0 Å². The number of alkyl halides is 3. The van der Waals surface area contributed by atoms with E-state index in [9.17, 15) is 22.8 Å². The van der Waals surface area contributed by atoms with Crippen LogP contribution in [0.5, 0.6) is 0 Å². The van der Waals surface area contributed by atoms with E-state index in [1.54, 1.807) is 0 Å². The Bertz CT molecular complexity index is 1170. The number of ether oxygens (including phenoxy) is 1. The summed E-state index contributed by atoms with van der Waals surface area (Å²) in [5.74, 6) is -2.11. The Morgan fingerprint density at radius 3 is 2.23 bits per heavy atom. The van der Waals surface area contributed by atoms with Crippen molar-refractivity contribution in [2.24, 2.45) is 17.3 Å². The third kappa shape index (κ3) is 7.74. The minimum absolute atomic E-state index is 0.0126. The van der Waals surface area contributed by atoms with Crippen molar-refractivity contribution in [3.8, 4) is 0 Å². The van der Waals surface area contributed by atoms with Crippen LogP contribution in [0.4, 0.5) is 13.2 Å². The molecule has 0 saturated heterocycles. The van der Waals surface area contributed by atoms with Gasteiger partial charge in [0.05, 0.1) is 5.41 Å². The molecule has 1 N–H and O–H groups in total. The predicted molar refractivity (Wildman–Crippen MR) is 149 cm³/mol. The molecule has 2 aliphatic rings. The number of esters is 1. The van der Waals surface area contributed by atoms with E-state index in [2.05, 4.69) is 5.32 Å². The van der Waals surface area contributed by atoms with Crippen LogP contribution in [0.1, 0.15) is 57.6 Å². The smallest absolute Gasteiger partial charge is 0.460 e. The Balaban J connectivity index is 1.28. The van der Waals surface area contributed by atoms with E-state index in [0.29, 0.717) is 25.8 Å². The molecule has 0 radical (unpaired) electrons. The molecule has 0 aromatic heterocycles. The van der Waals surface area contributed by atoms with Crippen molar-refractivity contribution in [1.82, 2.24) is 10.2 Å².